The molecule has 1 N–H and O–H groups in total. The van der Waals surface area contributed by atoms with Gasteiger partial charge in [0.05, 0.1) is 17.8 Å². The van der Waals surface area contributed by atoms with Gasteiger partial charge < -0.3 is 9.73 Å². The number of rotatable bonds is 5. The van der Waals surface area contributed by atoms with Gasteiger partial charge in [-0.1, -0.05) is 34.1 Å². The van der Waals surface area contributed by atoms with E-state index in [1.54, 1.807) is 0 Å². The molecule has 29 heavy (non-hydrogen) atoms. The molecule has 0 saturated carbocycles. The summed E-state index contributed by atoms with van der Waals surface area (Å²) in [5.41, 5.74) is 4.16. The van der Waals surface area contributed by atoms with E-state index in [0.717, 1.165) is 37.8 Å². The van der Waals surface area contributed by atoms with E-state index in [9.17, 15) is 4.79 Å². The highest BCUT2D eigenvalue weighted by atomic mass is 79.9. The van der Waals surface area contributed by atoms with Crippen molar-refractivity contribution in [2.24, 2.45) is 0 Å². The molecule has 0 aliphatic carbocycles. The van der Waals surface area contributed by atoms with Gasteiger partial charge in [-0.05, 0) is 44.2 Å². The summed E-state index contributed by atoms with van der Waals surface area (Å²) in [6.07, 6.45) is 0.214. The van der Waals surface area contributed by atoms with Gasteiger partial charge in [0.1, 0.15) is 10.8 Å². The van der Waals surface area contributed by atoms with Crippen molar-refractivity contribution >= 4 is 38.9 Å². The standard InChI is InChI=1S/C22H18BrN3O2S/c1-13-14(2)28-21(24-13)15-5-4-8-18(10-15)25-20(27)11-19-12-29-22(26-19)16-6-3-7-17(23)9-16/h3-10,12H,11H2,1-2H3,(H,25,27). The number of oxazole rings is 1. The Kier molecular flexibility index (Phi) is 5.60. The lowest BCUT2D eigenvalue weighted by molar-refractivity contribution is -0.115. The van der Waals surface area contributed by atoms with Gasteiger partial charge in [0, 0.05) is 26.7 Å². The SMILES string of the molecule is Cc1nc(-c2cccc(NC(=O)Cc3csc(-c4cccc(Br)c4)n3)c2)oc1C. The summed E-state index contributed by atoms with van der Waals surface area (Å²) >= 11 is 5.00. The Morgan fingerprint density at radius 3 is 2.66 bits per heavy atom. The lowest BCUT2D eigenvalue weighted by Crippen LogP contribution is -2.14. The number of aromatic nitrogens is 2. The van der Waals surface area contributed by atoms with Gasteiger partial charge in [-0.2, -0.15) is 0 Å². The molecule has 0 aliphatic heterocycles. The van der Waals surface area contributed by atoms with Crippen LogP contribution in [0.25, 0.3) is 22.0 Å². The van der Waals surface area contributed by atoms with Crippen molar-refractivity contribution in [2.45, 2.75) is 20.3 Å². The fraction of sp³-hybridized carbons (Fsp3) is 0.136. The van der Waals surface area contributed by atoms with E-state index in [4.69, 9.17) is 4.42 Å². The van der Waals surface area contributed by atoms with Gasteiger partial charge in [-0.3, -0.25) is 4.79 Å². The molecule has 1 amide bonds. The van der Waals surface area contributed by atoms with Crippen LogP contribution in [-0.4, -0.2) is 15.9 Å². The molecule has 0 radical (unpaired) electrons. The average Bonchev–Trinajstić information content (AvgIpc) is 3.29. The van der Waals surface area contributed by atoms with Crippen molar-refractivity contribution in [1.82, 2.24) is 9.97 Å². The summed E-state index contributed by atoms with van der Waals surface area (Å²) in [6.45, 7) is 3.79. The first-order valence-electron chi connectivity index (χ1n) is 9.02. The number of amides is 1. The number of aryl methyl sites for hydroxylation is 2. The minimum absolute atomic E-state index is 0.118. The lowest BCUT2D eigenvalue weighted by atomic mass is 10.2. The molecule has 0 saturated heterocycles. The van der Waals surface area contributed by atoms with E-state index in [1.807, 2.05) is 67.8 Å². The van der Waals surface area contributed by atoms with Gasteiger partial charge in [0.25, 0.3) is 0 Å². The van der Waals surface area contributed by atoms with Crippen LogP contribution in [0.1, 0.15) is 17.1 Å². The van der Waals surface area contributed by atoms with E-state index < -0.39 is 0 Å². The molecule has 0 spiro atoms. The van der Waals surface area contributed by atoms with Gasteiger partial charge in [-0.15, -0.1) is 11.3 Å². The van der Waals surface area contributed by atoms with Crippen molar-refractivity contribution in [1.29, 1.82) is 0 Å². The predicted molar refractivity (Wildman–Crippen MR) is 119 cm³/mol. The summed E-state index contributed by atoms with van der Waals surface area (Å²) in [4.78, 5) is 21.5. The zero-order valence-corrected chi connectivity index (χ0v) is 18.3. The first-order valence-corrected chi connectivity index (χ1v) is 10.7. The zero-order valence-electron chi connectivity index (χ0n) is 15.9. The Labute approximate surface area is 181 Å². The summed E-state index contributed by atoms with van der Waals surface area (Å²) in [5, 5.41) is 5.74. The van der Waals surface area contributed by atoms with Crippen molar-refractivity contribution < 1.29 is 9.21 Å². The molecule has 4 aromatic rings. The molecule has 0 bridgehead atoms. The van der Waals surface area contributed by atoms with Crippen LogP contribution >= 0.6 is 27.3 Å². The topological polar surface area (TPSA) is 68.0 Å². The number of thiazole rings is 1. The molecular formula is C22H18BrN3O2S. The van der Waals surface area contributed by atoms with Crippen LogP contribution in [0.3, 0.4) is 0 Å². The zero-order chi connectivity index (χ0) is 20.4. The lowest BCUT2D eigenvalue weighted by Gasteiger charge is -2.05. The molecule has 7 heteroatoms. The number of nitrogens with one attached hydrogen (secondary N) is 1. The molecule has 0 atom stereocenters. The smallest absolute Gasteiger partial charge is 0.230 e. The highest BCUT2D eigenvalue weighted by molar-refractivity contribution is 9.10. The van der Waals surface area contributed by atoms with Crippen LogP contribution in [-0.2, 0) is 11.2 Å². The largest absolute Gasteiger partial charge is 0.441 e. The molecule has 0 fully saturated rings. The van der Waals surface area contributed by atoms with E-state index >= 15 is 0 Å². The first kappa shape index (κ1) is 19.5. The monoisotopic (exact) mass is 467 g/mol. The quantitative estimate of drug-likeness (QED) is 0.389. The molecule has 146 valence electrons. The fourth-order valence-corrected chi connectivity index (χ4v) is 4.05. The Morgan fingerprint density at radius 2 is 1.90 bits per heavy atom. The number of nitrogens with zero attached hydrogens (tertiary/aromatic N) is 2. The minimum atomic E-state index is -0.118. The molecule has 0 aliphatic rings. The van der Waals surface area contributed by atoms with Crippen molar-refractivity contribution in [2.75, 3.05) is 5.32 Å². The van der Waals surface area contributed by atoms with Gasteiger partial charge in [0.2, 0.25) is 11.8 Å². The Bertz CT molecular complexity index is 1160. The Balaban J connectivity index is 1.45. The van der Waals surface area contributed by atoms with E-state index in [1.165, 1.54) is 11.3 Å². The maximum Gasteiger partial charge on any atom is 0.230 e. The van der Waals surface area contributed by atoms with E-state index in [0.29, 0.717) is 11.6 Å². The normalized spacial score (nSPS) is 10.9. The van der Waals surface area contributed by atoms with Crippen LogP contribution in [0.4, 0.5) is 5.69 Å². The second-order valence-corrected chi connectivity index (χ2v) is 8.39. The summed E-state index contributed by atoms with van der Waals surface area (Å²) in [6, 6.07) is 15.4. The number of anilines is 1. The van der Waals surface area contributed by atoms with Crippen LogP contribution in [0.2, 0.25) is 0 Å². The number of carbonyl (C=O) groups excluding carboxylic acids is 1. The predicted octanol–water partition coefficient (Wildman–Crippen LogP) is 6.03. The van der Waals surface area contributed by atoms with Crippen molar-refractivity contribution in [3.63, 3.8) is 0 Å². The van der Waals surface area contributed by atoms with Crippen molar-refractivity contribution in [3.8, 4) is 22.0 Å². The van der Waals surface area contributed by atoms with Crippen LogP contribution < -0.4 is 5.32 Å². The highest BCUT2D eigenvalue weighted by Gasteiger charge is 2.12. The third kappa shape index (κ3) is 4.63. The molecule has 2 aromatic heterocycles. The molecule has 0 unspecified atom stereocenters. The number of hydrogen-bond acceptors (Lipinski definition) is 5. The Hall–Kier alpha value is -2.77. The first-order chi connectivity index (χ1) is 14.0. The van der Waals surface area contributed by atoms with E-state index in [2.05, 4.69) is 31.2 Å². The van der Waals surface area contributed by atoms with Crippen molar-refractivity contribution in [3.05, 3.63) is 75.5 Å². The van der Waals surface area contributed by atoms with Gasteiger partial charge in [-0.25, -0.2) is 9.97 Å². The second-order valence-electron chi connectivity index (χ2n) is 6.62. The molecule has 2 aromatic carbocycles. The van der Waals surface area contributed by atoms with Gasteiger partial charge in [0.15, 0.2) is 0 Å². The second kappa shape index (κ2) is 8.31. The van der Waals surface area contributed by atoms with Crippen LogP contribution in [0.15, 0.2) is 62.8 Å². The van der Waals surface area contributed by atoms with Gasteiger partial charge >= 0.3 is 0 Å². The minimum Gasteiger partial charge on any atom is -0.441 e. The molecule has 5 nitrogen and oxygen atoms in total. The van der Waals surface area contributed by atoms with Crippen LogP contribution in [0.5, 0.6) is 0 Å². The van der Waals surface area contributed by atoms with Crippen LogP contribution in [0, 0.1) is 13.8 Å². The summed E-state index contributed by atoms with van der Waals surface area (Å²) < 4.78 is 6.67. The number of hydrogen-bond donors (Lipinski definition) is 1. The average molecular weight is 468 g/mol. The summed E-state index contributed by atoms with van der Waals surface area (Å²) in [5.74, 6) is 1.22. The number of benzene rings is 2. The summed E-state index contributed by atoms with van der Waals surface area (Å²) in [7, 11) is 0. The third-order valence-corrected chi connectivity index (χ3v) is 5.82. The Morgan fingerprint density at radius 1 is 1.10 bits per heavy atom. The maximum absolute atomic E-state index is 12.5. The fourth-order valence-electron chi connectivity index (χ4n) is 2.84. The maximum atomic E-state index is 12.5. The molecular weight excluding hydrogens is 450 g/mol. The number of carbonyl (C=O) groups is 1. The molecule has 2 heterocycles. The highest BCUT2D eigenvalue weighted by Crippen LogP contribution is 2.27. The number of halogens is 1. The third-order valence-electron chi connectivity index (χ3n) is 4.39. The molecule has 4 rings (SSSR count). The van der Waals surface area contributed by atoms with E-state index in [-0.39, 0.29) is 12.3 Å².